The van der Waals surface area contributed by atoms with Crippen molar-refractivity contribution in [3.05, 3.63) is 276 Å². The summed E-state index contributed by atoms with van der Waals surface area (Å²) >= 11 is 0. The van der Waals surface area contributed by atoms with Gasteiger partial charge in [0.05, 0.1) is 16.7 Å². The maximum absolute atomic E-state index is 2.51. The summed E-state index contributed by atoms with van der Waals surface area (Å²) in [5.74, 6) is 0.193. The normalized spacial score (nSPS) is 14.6. The lowest BCUT2D eigenvalue weighted by Crippen LogP contribution is -2.30. The van der Waals surface area contributed by atoms with E-state index in [1.54, 1.807) is 0 Å². The molecule has 3 aliphatic rings. The maximum Gasteiger partial charge on any atom is 0.0619 e. The molecule has 0 N–H and O–H groups in total. The number of fused-ring (bicyclic) bond motifs is 3. The van der Waals surface area contributed by atoms with Gasteiger partial charge in [0.2, 0.25) is 0 Å². The van der Waals surface area contributed by atoms with Crippen LogP contribution < -0.4 is 4.90 Å². The first-order chi connectivity index (χ1) is 31.8. The zero-order chi connectivity index (χ0) is 42.1. The van der Waals surface area contributed by atoms with Crippen molar-refractivity contribution in [2.45, 2.75) is 11.8 Å². The second kappa shape index (κ2) is 14.7. The zero-order valence-corrected chi connectivity index (χ0v) is 35.1. The fourth-order valence-corrected chi connectivity index (χ4v) is 11.1. The van der Waals surface area contributed by atoms with Crippen LogP contribution in [0.4, 0.5) is 17.1 Å². The molecule has 0 saturated heterocycles. The molecule has 0 atom stereocenters. The largest absolute Gasteiger partial charge is 0.310 e. The van der Waals surface area contributed by atoms with Crippen LogP contribution in [0.5, 0.6) is 0 Å². The molecule has 3 aliphatic carbocycles. The van der Waals surface area contributed by atoms with Gasteiger partial charge in [-0.25, -0.2) is 0 Å². The van der Waals surface area contributed by atoms with Crippen molar-refractivity contribution in [3.8, 4) is 39.1 Å². The molecule has 2 heteroatoms. The van der Waals surface area contributed by atoms with Crippen LogP contribution in [0.1, 0.15) is 45.2 Å². The molecule has 11 aromatic rings. The molecule has 10 aromatic carbocycles. The van der Waals surface area contributed by atoms with Crippen molar-refractivity contribution in [2.75, 3.05) is 4.90 Å². The Morgan fingerprint density at radius 1 is 0.312 bits per heavy atom. The van der Waals surface area contributed by atoms with Crippen LogP contribution >= 0.6 is 0 Å². The summed E-state index contributed by atoms with van der Waals surface area (Å²) in [6.07, 6.45) is 0. The van der Waals surface area contributed by atoms with Crippen LogP contribution in [0.25, 0.3) is 60.9 Å². The fourth-order valence-electron chi connectivity index (χ4n) is 11.1. The third-order valence-electron chi connectivity index (χ3n) is 13.8. The van der Waals surface area contributed by atoms with Crippen LogP contribution in [0.3, 0.4) is 0 Å². The van der Waals surface area contributed by atoms with Crippen LogP contribution in [-0.4, -0.2) is 4.57 Å². The number of anilines is 3. The second-order valence-electron chi connectivity index (χ2n) is 17.1. The summed E-state index contributed by atoms with van der Waals surface area (Å²) < 4.78 is 2.43. The number of hydrogen-bond donors (Lipinski definition) is 0. The number of rotatable bonds is 7. The van der Waals surface area contributed by atoms with E-state index in [4.69, 9.17) is 0 Å². The van der Waals surface area contributed by atoms with Gasteiger partial charge < -0.3 is 9.47 Å². The highest BCUT2D eigenvalue weighted by atomic mass is 15.1. The first-order valence-electron chi connectivity index (χ1n) is 22.3. The molecule has 0 amide bonds. The van der Waals surface area contributed by atoms with Crippen molar-refractivity contribution in [1.29, 1.82) is 0 Å². The minimum Gasteiger partial charge on any atom is -0.310 e. The molecule has 1 heterocycles. The molecular weight excluding hydrogens is 773 g/mol. The van der Waals surface area contributed by atoms with Gasteiger partial charge >= 0.3 is 0 Å². The van der Waals surface area contributed by atoms with Gasteiger partial charge in [0.25, 0.3) is 0 Å². The standard InChI is InChI=1S/C62H42N2/c1-4-17-41(18-5-1)42-31-35-46(36-32-42)63(47-37-33-44(34-38-47)49-28-16-29-55-50-23-14-15-30-56(50)64(62(49)55)45-21-8-3-9-22-45)57-40-39-48(43-19-6-2-7-20-43)60-58-51-24-10-12-26-53(51)59(61(57)60)54-27-13-11-25-52(54)58/h1-40,58-59H. The molecule has 0 saturated carbocycles. The molecule has 0 radical (unpaired) electrons. The van der Waals surface area contributed by atoms with Crippen LogP contribution in [0.15, 0.2) is 243 Å². The van der Waals surface area contributed by atoms with E-state index >= 15 is 0 Å². The first-order valence-corrected chi connectivity index (χ1v) is 22.3. The first kappa shape index (κ1) is 36.5. The molecule has 2 nitrogen and oxygen atoms in total. The average molecular weight is 815 g/mol. The maximum atomic E-state index is 2.51. The molecule has 2 bridgehead atoms. The molecule has 0 aliphatic heterocycles. The summed E-state index contributed by atoms with van der Waals surface area (Å²) in [6, 6.07) is 89.5. The number of para-hydroxylation sites is 3. The van der Waals surface area contributed by atoms with Gasteiger partial charge in [-0.2, -0.15) is 0 Å². The lowest BCUT2D eigenvalue weighted by atomic mass is 9.59. The third-order valence-corrected chi connectivity index (χ3v) is 13.8. The van der Waals surface area contributed by atoms with Crippen LogP contribution in [0.2, 0.25) is 0 Å². The van der Waals surface area contributed by atoms with Crippen molar-refractivity contribution >= 4 is 38.9 Å². The van der Waals surface area contributed by atoms with Crippen molar-refractivity contribution in [2.24, 2.45) is 0 Å². The van der Waals surface area contributed by atoms with Gasteiger partial charge in [-0.15, -0.1) is 0 Å². The number of nitrogens with zero attached hydrogens (tertiary/aromatic N) is 2. The Morgan fingerprint density at radius 3 is 1.41 bits per heavy atom. The molecule has 0 unspecified atom stereocenters. The summed E-state index contributed by atoms with van der Waals surface area (Å²) in [5, 5.41) is 2.51. The van der Waals surface area contributed by atoms with E-state index in [0.29, 0.717) is 0 Å². The van der Waals surface area contributed by atoms with Gasteiger partial charge in [0.15, 0.2) is 0 Å². The van der Waals surface area contributed by atoms with E-state index in [2.05, 4.69) is 252 Å². The SMILES string of the molecule is c1ccc(-c2ccc(N(c3ccc(-c4cccc5c6ccccc6n(-c6ccccc6)c45)cc3)c3ccc(-c4ccccc4)c4c3C3c5ccccc5C4c4ccccc43)cc2)cc1. The zero-order valence-electron chi connectivity index (χ0n) is 35.1. The summed E-state index contributed by atoms with van der Waals surface area (Å²) in [6.45, 7) is 0. The highest BCUT2D eigenvalue weighted by molar-refractivity contribution is 6.13. The number of benzene rings is 10. The lowest BCUT2D eigenvalue weighted by molar-refractivity contribution is 0.755. The summed E-state index contributed by atoms with van der Waals surface area (Å²) in [7, 11) is 0. The molecule has 0 spiro atoms. The van der Waals surface area contributed by atoms with E-state index in [0.717, 1.165) is 17.1 Å². The minimum absolute atomic E-state index is 0.0777. The molecule has 1 aromatic heterocycles. The Labute approximate surface area is 373 Å². The lowest BCUT2D eigenvalue weighted by Gasteiger charge is -2.45. The molecule has 300 valence electrons. The van der Waals surface area contributed by atoms with Gasteiger partial charge in [0, 0.05) is 45.2 Å². The highest BCUT2D eigenvalue weighted by Gasteiger charge is 2.44. The quantitative estimate of drug-likeness (QED) is 0.156. The van der Waals surface area contributed by atoms with Gasteiger partial charge in [-0.05, 0) is 110 Å². The Balaban J connectivity index is 1.03. The molecule has 14 rings (SSSR count). The number of hydrogen-bond acceptors (Lipinski definition) is 1. The van der Waals surface area contributed by atoms with E-state index in [-0.39, 0.29) is 11.8 Å². The Bertz CT molecular complexity index is 3480. The molecule has 0 fully saturated rings. The predicted octanol–water partition coefficient (Wildman–Crippen LogP) is 16.2. The summed E-state index contributed by atoms with van der Waals surface area (Å²) in [5.41, 5.74) is 22.8. The van der Waals surface area contributed by atoms with Gasteiger partial charge in [-0.1, -0.05) is 194 Å². The second-order valence-corrected chi connectivity index (χ2v) is 17.1. The van der Waals surface area contributed by atoms with Gasteiger partial charge in [0.1, 0.15) is 0 Å². The van der Waals surface area contributed by atoms with Crippen molar-refractivity contribution in [3.63, 3.8) is 0 Å². The van der Waals surface area contributed by atoms with Gasteiger partial charge in [-0.3, -0.25) is 0 Å². The van der Waals surface area contributed by atoms with Crippen LogP contribution in [-0.2, 0) is 0 Å². The average Bonchev–Trinajstić information content (AvgIpc) is 3.72. The minimum atomic E-state index is 0.0777. The highest BCUT2D eigenvalue weighted by Crippen LogP contribution is 2.61. The Hall–Kier alpha value is -8.20. The third kappa shape index (κ3) is 5.59. The number of aromatic nitrogens is 1. The van der Waals surface area contributed by atoms with E-state index in [9.17, 15) is 0 Å². The Morgan fingerprint density at radius 2 is 0.781 bits per heavy atom. The summed E-state index contributed by atoms with van der Waals surface area (Å²) in [4.78, 5) is 2.51. The van der Waals surface area contributed by atoms with E-state index in [1.807, 2.05) is 0 Å². The van der Waals surface area contributed by atoms with E-state index < -0.39 is 0 Å². The fraction of sp³-hybridized carbons (Fsp3) is 0.0323. The predicted molar refractivity (Wildman–Crippen MR) is 267 cm³/mol. The Kier molecular flexibility index (Phi) is 8.39. The molecule has 64 heavy (non-hydrogen) atoms. The van der Waals surface area contributed by atoms with Crippen molar-refractivity contribution < 1.29 is 0 Å². The molecular formula is C62H42N2. The van der Waals surface area contributed by atoms with Crippen molar-refractivity contribution in [1.82, 2.24) is 4.57 Å². The van der Waals surface area contributed by atoms with E-state index in [1.165, 1.54) is 94.3 Å². The van der Waals surface area contributed by atoms with Crippen LogP contribution in [0, 0.1) is 0 Å². The topological polar surface area (TPSA) is 8.17 Å². The monoisotopic (exact) mass is 814 g/mol. The smallest absolute Gasteiger partial charge is 0.0619 e.